The topological polar surface area (TPSA) is 32.3 Å². The van der Waals surface area contributed by atoms with Crippen LogP contribution in [0.1, 0.15) is 31.2 Å². The van der Waals surface area contributed by atoms with E-state index in [0.29, 0.717) is 6.04 Å². The lowest BCUT2D eigenvalue weighted by Gasteiger charge is -2.38. The lowest BCUT2D eigenvalue weighted by atomic mass is 9.90. The number of piperidine rings is 1. The van der Waals surface area contributed by atoms with Crippen molar-refractivity contribution in [1.82, 2.24) is 14.9 Å². The van der Waals surface area contributed by atoms with E-state index < -0.39 is 0 Å². The van der Waals surface area contributed by atoms with E-state index in [-0.39, 0.29) is 0 Å². The van der Waals surface area contributed by atoms with Crippen LogP contribution in [0.2, 0.25) is 0 Å². The van der Waals surface area contributed by atoms with Crippen molar-refractivity contribution < 1.29 is 0 Å². The molecule has 19 heavy (non-hydrogen) atoms. The van der Waals surface area contributed by atoms with Crippen LogP contribution in [-0.4, -0.2) is 48.1 Å². The summed E-state index contributed by atoms with van der Waals surface area (Å²) in [7, 11) is 4.35. The van der Waals surface area contributed by atoms with Gasteiger partial charge in [0.25, 0.3) is 0 Å². The molecule has 1 saturated heterocycles. The van der Waals surface area contributed by atoms with Gasteiger partial charge in [0, 0.05) is 25.3 Å². The summed E-state index contributed by atoms with van der Waals surface area (Å²) in [5, 5.41) is 0. The molecule has 0 radical (unpaired) electrons. The summed E-state index contributed by atoms with van der Waals surface area (Å²) in [6.07, 6.45) is 4.34. The third kappa shape index (κ3) is 3.24. The molecule has 0 unspecified atom stereocenters. The highest BCUT2D eigenvalue weighted by molar-refractivity contribution is 5.43. The summed E-state index contributed by atoms with van der Waals surface area (Å²) >= 11 is 0. The van der Waals surface area contributed by atoms with E-state index in [2.05, 4.69) is 47.7 Å². The van der Waals surface area contributed by atoms with Gasteiger partial charge in [-0.2, -0.15) is 0 Å². The van der Waals surface area contributed by atoms with Gasteiger partial charge in [-0.05, 0) is 53.6 Å². The molecule has 1 aromatic rings. The first kappa shape index (κ1) is 14.3. The first-order chi connectivity index (χ1) is 8.99. The molecule has 0 amide bonds. The molecule has 1 atom stereocenters. The highest BCUT2D eigenvalue weighted by Crippen LogP contribution is 2.26. The van der Waals surface area contributed by atoms with Crippen LogP contribution >= 0.6 is 0 Å². The van der Waals surface area contributed by atoms with E-state index in [1.807, 2.05) is 13.1 Å². The minimum absolute atomic E-state index is 0.659. The summed E-state index contributed by atoms with van der Waals surface area (Å²) in [5.74, 6) is 1.88. The molecule has 0 N–H and O–H groups in total. The van der Waals surface area contributed by atoms with E-state index in [0.717, 1.165) is 36.2 Å². The van der Waals surface area contributed by atoms with Crippen molar-refractivity contribution in [2.45, 2.75) is 39.7 Å². The molecular weight excluding hydrogens is 236 g/mol. The molecule has 2 heterocycles. The quantitative estimate of drug-likeness (QED) is 0.836. The average molecular weight is 262 g/mol. The van der Waals surface area contributed by atoms with E-state index >= 15 is 0 Å². The van der Waals surface area contributed by atoms with Crippen molar-refractivity contribution in [2.75, 3.05) is 32.1 Å². The number of hydrogen-bond acceptors (Lipinski definition) is 4. The van der Waals surface area contributed by atoms with Crippen LogP contribution in [0.5, 0.6) is 0 Å². The van der Waals surface area contributed by atoms with Crippen LogP contribution in [-0.2, 0) is 0 Å². The molecule has 1 aliphatic heterocycles. The largest absolute Gasteiger partial charge is 0.355 e. The molecule has 1 aliphatic rings. The molecule has 1 aromatic heterocycles. The number of hydrogen-bond donors (Lipinski definition) is 0. The predicted octanol–water partition coefficient (Wildman–Crippen LogP) is 2.26. The summed E-state index contributed by atoms with van der Waals surface area (Å²) in [4.78, 5) is 13.8. The lowest BCUT2D eigenvalue weighted by Crippen LogP contribution is -2.42. The Morgan fingerprint density at radius 2 is 1.89 bits per heavy atom. The second-order valence-electron chi connectivity index (χ2n) is 5.95. The monoisotopic (exact) mass is 262 g/mol. The Morgan fingerprint density at radius 3 is 2.47 bits per heavy atom. The molecule has 4 heteroatoms. The molecule has 4 nitrogen and oxygen atoms in total. The van der Waals surface area contributed by atoms with Gasteiger partial charge in [-0.1, -0.05) is 0 Å². The summed E-state index contributed by atoms with van der Waals surface area (Å²) in [6, 6.07) is 0.659. The summed E-state index contributed by atoms with van der Waals surface area (Å²) in [6.45, 7) is 8.59. The number of aryl methyl sites for hydroxylation is 2. The van der Waals surface area contributed by atoms with Crippen molar-refractivity contribution in [2.24, 2.45) is 5.92 Å². The molecule has 2 rings (SSSR count). The van der Waals surface area contributed by atoms with Gasteiger partial charge in [0.2, 0.25) is 0 Å². The number of nitrogens with zero attached hydrogens (tertiary/aromatic N) is 4. The zero-order valence-electron chi connectivity index (χ0n) is 12.8. The molecule has 106 valence electrons. The smallest absolute Gasteiger partial charge is 0.150 e. The van der Waals surface area contributed by atoms with Gasteiger partial charge in [0.1, 0.15) is 5.82 Å². The molecule has 0 aromatic carbocycles. The van der Waals surface area contributed by atoms with Crippen LogP contribution in [0.4, 0.5) is 5.82 Å². The highest BCUT2D eigenvalue weighted by atomic mass is 15.2. The summed E-state index contributed by atoms with van der Waals surface area (Å²) in [5.41, 5.74) is 2.05. The number of anilines is 1. The predicted molar refractivity (Wildman–Crippen MR) is 79.6 cm³/mol. The highest BCUT2D eigenvalue weighted by Gasteiger charge is 2.26. The van der Waals surface area contributed by atoms with Gasteiger partial charge in [0.15, 0.2) is 0 Å². The van der Waals surface area contributed by atoms with Crippen LogP contribution in [0.25, 0.3) is 0 Å². The van der Waals surface area contributed by atoms with Gasteiger partial charge < -0.3 is 9.80 Å². The number of rotatable bonds is 3. The van der Waals surface area contributed by atoms with Gasteiger partial charge >= 0.3 is 0 Å². The van der Waals surface area contributed by atoms with Crippen molar-refractivity contribution in [3.63, 3.8) is 0 Å². The molecule has 1 fully saturated rings. The molecule has 0 saturated carbocycles. The normalized spacial score (nSPS) is 18.9. The van der Waals surface area contributed by atoms with Crippen molar-refractivity contribution in [3.05, 3.63) is 17.6 Å². The maximum atomic E-state index is 4.65. The maximum Gasteiger partial charge on any atom is 0.150 e. The fourth-order valence-electron chi connectivity index (χ4n) is 2.84. The standard InChI is InChI=1S/C15H26N4/c1-11-10-16-12(2)15(17-11)19-8-6-14(7-9-19)13(3)18(4)5/h10,13-14H,6-9H2,1-5H3/t13-/m0/s1. The Bertz CT molecular complexity index is 422. The minimum atomic E-state index is 0.659. The molecule has 0 aliphatic carbocycles. The van der Waals surface area contributed by atoms with E-state index in [9.17, 15) is 0 Å². The van der Waals surface area contributed by atoms with Gasteiger partial charge in [-0.25, -0.2) is 4.98 Å². The fraction of sp³-hybridized carbons (Fsp3) is 0.733. The second-order valence-corrected chi connectivity index (χ2v) is 5.95. The van der Waals surface area contributed by atoms with Gasteiger partial charge in [-0.15, -0.1) is 0 Å². The zero-order chi connectivity index (χ0) is 14.0. The second kappa shape index (κ2) is 5.87. The first-order valence-electron chi connectivity index (χ1n) is 7.20. The van der Waals surface area contributed by atoms with Crippen LogP contribution < -0.4 is 4.90 Å². The average Bonchev–Trinajstić information content (AvgIpc) is 2.41. The van der Waals surface area contributed by atoms with Crippen molar-refractivity contribution in [3.8, 4) is 0 Å². The van der Waals surface area contributed by atoms with Gasteiger partial charge in [-0.3, -0.25) is 4.98 Å². The Labute approximate surface area is 116 Å². The number of aromatic nitrogens is 2. The van der Waals surface area contributed by atoms with Crippen molar-refractivity contribution in [1.29, 1.82) is 0 Å². The van der Waals surface area contributed by atoms with Crippen LogP contribution in [0.3, 0.4) is 0 Å². The Morgan fingerprint density at radius 1 is 1.26 bits per heavy atom. The SMILES string of the molecule is Cc1cnc(C)c(N2CCC([C@H](C)N(C)C)CC2)n1. The third-order valence-corrected chi connectivity index (χ3v) is 4.39. The first-order valence-corrected chi connectivity index (χ1v) is 7.20. The van der Waals surface area contributed by atoms with E-state index in [1.165, 1.54) is 12.8 Å². The zero-order valence-corrected chi connectivity index (χ0v) is 12.8. The summed E-state index contributed by atoms with van der Waals surface area (Å²) < 4.78 is 0. The Kier molecular flexibility index (Phi) is 4.40. The Balaban J connectivity index is 2.02. The lowest BCUT2D eigenvalue weighted by molar-refractivity contribution is 0.199. The minimum Gasteiger partial charge on any atom is -0.355 e. The van der Waals surface area contributed by atoms with Gasteiger partial charge in [0.05, 0.1) is 11.4 Å². The van der Waals surface area contributed by atoms with Crippen LogP contribution in [0, 0.1) is 19.8 Å². The molecule has 0 spiro atoms. The van der Waals surface area contributed by atoms with E-state index in [4.69, 9.17) is 0 Å². The van der Waals surface area contributed by atoms with E-state index in [1.54, 1.807) is 0 Å². The maximum absolute atomic E-state index is 4.65. The van der Waals surface area contributed by atoms with Crippen molar-refractivity contribution >= 4 is 5.82 Å². The third-order valence-electron chi connectivity index (χ3n) is 4.39. The van der Waals surface area contributed by atoms with Crippen LogP contribution in [0.15, 0.2) is 6.20 Å². The Hall–Kier alpha value is -1.16. The fourth-order valence-corrected chi connectivity index (χ4v) is 2.84. The molecular formula is C15H26N4. The molecule has 0 bridgehead atoms.